The van der Waals surface area contributed by atoms with Crippen LogP contribution in [0.25, 0.3) is 11.4 Å². The summed E-state index contributed by atoms with van der Waals surface area (Å²) in [6.07, 6.45) is 0. The minimum absolute atomic E-state index is 0.155. The molecule has 1 heterocycles. The molecule has 3 aromatic rings. The van der Waals surface area contributed by atoms with Crippen molar-refractivity contribution in [2.75, 3.05) is 5.75 Å². The maximum atomic E-state index is 13.1. The van der Waals surface area contributed by atoms with Crippen LogP contribution in [0.15, 0.2) is 47.6 Å². The molecule has 0 spiro atoms. The van der Waals surface area contributed by atoms with Crippen molar-refractivity contribution in [2.45, 2.75) is 11.7 Å². The summed E-state index contributed by atoms with van der Waals surface area (Å²) in [7, 11) is 1.80. The van der Waals surface area contributed by atoms with Gasteiger partial charge in [0.1, 0.15) is 5.82 Å². The van der Waals surface area contributed by atoms with Crippen LogP contribution in [0.1, 0.15) is 5.56 Å². The van der Waals surface area contributed by atoms with Crippen molar-refractivity contribution in [1.29, 1.82) is 0 Å². The van der Waals surface area contributed by atoms with E-state index in [2.05, 4.69) is 15.5 Å². The molecule has 140 valence electrons. The number of amides is 1. The Bertz CT molecular complexity index is 962. The van der Waals surface area contributed by atoms with Gasteiger partial charge in [-0.2, -0.15) is 0 Å². The first-order valence-corrected chi connectivity index (χ1v) is 9.67. The van der Waals surface area contributed by atoms with Crippen molar-refractivity contribution in [3.63, 3.8) is 0 Å². The molecule has 1 N–H and O–H groups in total. The van der Waals surface area contributed by atoms with Gasteiger partial charge in [-0.25, -0.2) is 4.39 Å². The zero-order valence-corrected chi connectivity index (χ0v) is 16.6. The molecule has 0 unspecified atom stereocenters. The molecule has 2 aromatic carbocycles. The number of rotatable bonds is 6. The first-order chi connectivity index (χ1) is 12.9. The number of aromatic nitrogens is 3. The average Bonchev–Trinajstić information content (AvgIpc) is 3.00. The van der Waals surface area contributed by atoms with E-state index in [-0.39, 0.29) is 17.5 Å². The topological polar surface area (TPSA) is 59.8 Å². The third kappa shape index (κ3) is 5.00. The average molecular weight is 425 g/mol. The Labute approximate surface area is 169 Å². The van der Waals surface area contributed by atoms with Crippen LogP contribution in [-0.4, -0.2) is 26.4 Å². The Hall–Kier alpha value is -2.09. The van der Waals surface area contributed by atoms with Crippen LogP contribution in [0.5, 0.6) is 0 Å². The van der Waals surface area contributed by atoms with Crippen LogP contribution in [0.2, 0.25) is 10.0 Å². The molecule has 27 heavy (non-hydrogen) atoms. The molecule has 0 radical (unpaired) electrons. The van der Waals surface area contributed by atoms with Gasteiger partial charge in [-0.3, -0.25) is 4.79 Å². The van der Waals surface area contributed by atoms with Gasteiger partial charge in [0, 0.05) is 29.2 Å². The van der Waals surface area contributed by atoms with Crippen molar-refractivity contribution in [2.24, 2.45) is 7.05 Å². The monoisotopic (exact) mass is 424 g/mol. The molecular formula is C18H15Cl2FN4OS. The first kappa shape index (κ1) is 19.7. The van der Waals surface area contributed by atoms with E-state index in [1.807, 2.05) is 0 Å². The number of nitrogens with zero attached hydrogens (tertiary/aromatic N) is 3. The summed E-state index contributed by atoms with van der Waals surface area (Å²) in [5.41, 5.74) is 1.54. The maximum absolute atomic E-state index is 13.1. The van der Waals surface area contributed by atoms with E-state index in [1.165, 1.54) is 23.9 Å². The zero-order valence-electron chi connectivity index (χ0n) is 14.2. The van der Waals surface area contributed by atoms with E-state index in [0.717, 1.165) is 11.1 Å². The van der Waals surface area contributed by atoms with E-state index in [4.69, 9.17) is 23.2 Å². The Balaban J connectivity index is 1.57. The summed E-state index contributed by atoms with van der Waals surface area (Å²) >= 11 is 13.2. The number of thioether (sulfide) groups is 1. The van der Waals surface area contributed by atoms with Gasteiger partial charge in [0.25, 0.3) is 0 Å². The molecule has 0 aliphatic rings. The lowest BCUT2D eigenvalue weighted by molar-refractivity contribution is -0.118. The van der Waals surface area contributed by atoms with Crippen LogP contribution >= 0.6 is 35.0 Å². The Kier molecular flexibility index (Phi) is 6.36. The number of hydrogen-bond donors (Lipinski definition) is 1. The van der Waals surface area contributed by atoms with Gasteiger partial charge in [0.05, 0.1) is 5.75 Å². The molecule has 0 fully saturated rings. The van der Waals surface area contributed by atoms with Gasteiger partial charge >= 0.3 is 0 Å². The van der Waals surface area contributed by atoms with E-state index in [9.17, 15) is 9.18 Å². The van der Waals surface area contributed by atoms with E-state index in [0.29, 0.717) is 27.6 Å². The van der Waals surface area contributed by atoms with Gasteiger partial charge in [0.2, 0.25) is 5.91 Å². The van der Waals surface area contributed by atoms with Gasteiger partial charge in [-0.1, -0.05) is 41.0 Å². The predicted octanol–water partition coefficient (Wildman–Crippen LogP) is 4.34. The van der Waals surface area contributed by atoms with Crippen LogP contribution in [0.4, 0.5) is 4.39 Å². The molecule has 1 aromatic heterocycles. The highest BCUT2D eigenvalue weighted by Crippen LogP contribution is 2.23. The molecule has 0 aliphatic heterocycles. The molecule has 0 aliphatic carbocycles. The zero-order chi connectivity index (χ0) is 19.4. The van der Waals surface area contributed by atoms with Gasteiger partial charge in [-0.05, 0) is 42.0 Å². The minimum atomic E-state index is -0.312. The lowest BCUT2D eigenvalue weighted by Crippen LogP contribution is -2.24. The summed E-state index contributed by atoms with van der Waals surface area (Å²) in [4.78, 5) is 12.1. The van der Waals surface area contributed by atoms with Gasteiger partial charge < -0.3 is 9.88 Å². The number of benzene rings is 2. The SMILES string of the molecule is Cn1c(SCC(=O)NCc2ccc(Cl)cc2Cl)nnc1-c1ccc(F)cc1. The largest absolute Gasteiger partial charge is 0.351 e. The summed E-state index contributed by atoms with van der Waals surface area (Å²) in [6.45, 7) is 0.315. The van der Waals surface area contributed by atoms with Gasteiger partial charge in [0.15, 0.2) is 11.0 Å². The number of carbonyl (C=O) groups is 1. The molecule has 0 saturated heterocycles. The van der Waals surface area contributed by atoms with Crippen molar-refractivity contribution in [3.8, 4) is 11.4 Å². The second-order valence-corrected chi connectivity index (χ2v) is 7.46. The minimum Gasteiger partial charge on any atom is -0.351 e. The number of halogens is 3. The summed E-state index contributed by atoms with van der Waals surface area (Å²) in [5.74, 6) is 0.317. The van der Waals surface area contributed by atoms with Gasteiger partial charge in [-0.15, -0.1) is 10.2 Å². The molecule has 5 nitrogen and oxygen atoms in total. The van der Waals surface area contributed by atoms with E-state index in [1.54, 1.807) is 41.9 Å². The quantitative estimate of drug-likeness (QED) is 0.597. The van der Waals surface area contributed by atoms with Crippen molar-refractivity contribution in [3.05, 3.63) is 63.9 Å². The van der Waals surface area contributed by atoms with Crippen molar-refractivity contribution >= 4 is 40.9 Å². The van der Waals surface area contributed by atoms with Crippen LogP contribution in [0, 0.1) is 5.82 Å². The second kappa shape index (κ2) is 8.73. The molecule has 0 saturated carbocycles. The molecule has 9 heteroatoms. The lowest BCUT2D eigenvalue weighted by Gasteiger charge is -2.07. The molecule has 0 bridgehead atoms. The van der Waals surface area contributed by atoms with E-state index < -0.39 is 0 Å². The molecular weight excluding hydrogens is 410 g/mol. The maximum Gasteiger partial charge on any atom is 0.230 e. The fraction of sp³-hybridized carbons (Fsp3) is 0.167. The third-order valence-corrected chi connectivity index (χ3v) is 5.37. The lowest BCUT2D eigenvalue weighted by atomic mass is 10.2. The van der Waals surface area contributed by atoms with Crippen LogP contribution in [0.3, 0.4) is 0 Å². The summed E-state index contributed by atoms with van der Waals surface area (Å²) in [6, 6.07) is 11.1. The third-order valence-electron chi connectivity index (χ3n) is 3.76. The Morgan fingerprint density at radius 1 is 1.19 bits per heavy atom. The second-order valence-electron chi connectivity index (χ2n) is 5.67. The molecule has 1 amide bonds. The highest BCUT2D eigenvalue weighted by molar-refractivity contribution is 7.99. The van der Waals surface area contributed by atoms with E-state index >= 15 is 0 Å². The first-order valence-electron chi connectivity index (χ1n) is 7.93. The number of nitrogens with one attached hydrogen (secondary N) is 1. The summed E-state index contributed by atoms with van der Waals surface area (Å²) < 4.78 is 14.8. The van der Waals surface area contributed by atoms with Crippen LogP contribution < -0.4 is 5.32 Å². The highest BCUT2D eigenvalue weighted by atomic mass is 35.5. The summed E-state index contributed by atoms with van der Waals surface area (Å²) in [5, 5.41) is 12.7. The van der Waals surface area contributed by atoms with Crippen molar-refractivity contribution < 1.29 is 9.18 Å². The fourth-order valence-electron chi connectivity index (χ4n) is 2.33. The van der Waals surface area contributed by atoms with Crippen LogP contribution in [-0.2, 0) is 18.4 Å². The number of hydrogen-bond acceptors (Lipinski definition) is 4. The number of carbonyl (C=O) groups excluding carboxylic acids is 1. The highest BCUT2D eigenvalue weighted by Gasteiger charge is 2.13. The predicted molar refractivity (Wildman–Crippen MR) is 105 cm³/mol. The normalized spacial score (nSPS) is 10.8. The Morgan fingerprint density at radius 3 is 2.63 bits per heavy atom. The fourth-order valence-corrected chi connectivity index (χ4v) is 3.55. The smallest absolute Gasteiger partial charge is 0.230 e. The molecule has 0 atom stereocenters. The molecule has 3 rings (SSSR count). The van der Waals surface area contributed by atoms with Crippen molar-refractivity contribution in [1.82, 2.24) is 20.1 Å². The standard InChI is InChI=1S/C18H15Cl2FN4OS/c1-25-17(11-3-6-14(21)7-4-11)23-24-18(25)27-10-16(26)22-9-12-2-5-13(19)8-15(12)20/h2-8H,9-10H2,1H3,(H,22,26). The Morgan fingerprint density at radius 2 is 1.93 bits per heavy atom.